The van der Waals surface area contributed by atoms with Crippen LogP contribution in [0.3, 0.4) is 0 Å². The molecular formula is C11H12N4O3. The first-order chi connectivity index (χ1) is 8.66. The zero-order valence-corrected chi connectivity index (χ0v) is 9.50. The average molecular weight is 248 g/mol. The van der Waals surface area contributed by atoms with Gasteiger partial charge in [-0.15, -0.1) is 0 Å². The number of oxime groups is 1. The van der Waals surface area contributed by atoms with Gasteiger partial charge in [0.15, 0.2) is 0 Å². The van der Waals surface area contributed by atoms with Crippen LogP contribution in [0, 0.1) is 0 Å². The molecule has 1 aliphatic heterocycles. The Morgan fingerprint density at radius 1 is 1.50 bits per heavy atom. The molecule has 94 valence electrons. The van der Waals surface area contributed by atoms with Crippen molar-refractivity contribution in [3.05, 3.63) is 30.1 Å². The molecule has 0 aliphatic carbocycles. The molecular weight excluding hydrogens is 236 g/mol. The minimum absolute atomic E-state index is 0.208. The van der Waals surface area contributed by atoms with Crippen molar-refractivity contribution in [3.8, 4) is 0 Å². The van der Waals surface area contributed by atoms with Gasteiger partial charge in [0.25, 0.3) is 11.8 Å². The summed E-state index contributed by atoms with van der Waals surface area (Å²) in [5, 5.41) is 6.32. The molecule has 1 unspecified atom stereocenters. The lowest BCUT2D eigenvalue weighted by molar-refractivity contribution is -0.127. The number of nitrogens with zero attached hydrogens (tertiary/aromatic N) is 2. The molecule has 0 radical (unpaired) electrons. The highest BCUT2D eigenvalue weighted by molar-refractivity contribution is 5.98. The SMILES string of the molecule is NC(=O)C1CC(CNC(=O)c2ccccn2)=NO1. The number of nitrogens with two attached hydrogens (primary N) is 1. The average Bonchev–Trinajstić information content (AvgIpc) is 2.86. The maximum atomic E-state index is 11.7. The van der Waals surface area contributed by atoms with E-state index in [0.29, 0.717) is 17.8 Å². The van der Waals surface area contributed by atoms with Gasteiger partial charge in [-0.25, -0.2) is 0 Å². The lowest BCUT2D eigenvalue weighted by Gasteiger charge is -2.03. The fraction of sp³-hybridized carbons (Fsp3) is 0.273. The summed E-state index contributed by atoms with van der Waals surface area (Å²) in [7, 11) is 0. The fourth-order valence-electron chi connectivity index (χ4n) is 1.45. The molecule has 1 aromatic rings. The van der Waals surface area contributed by atoms with Gasteiger partial charge in [0.05, 0.1) is 12.3 Å². The number of nitrogens with one attached hydrogen (secondary N) is 1. The predicted octanol–water partition coefficient (Wildman–Crippen LogP) is -0.558. The molecule has 1 aromatic heterocycles. The summed E-state index contributed by atoms with van der Waals surface area (Å²) in [6, 6.07) is 5.05. The van der Waals surface area contributed by atoms with Crippen LogP contribution < -0.4 is 11.1 Å². The van der Waals surface area contributed by atoms with Gasteiger partial charge >= 0.3 is 0 Å². The Bertz CT molecular complexity index is 486. The number of carbonyl (C=O) groups is 2. The van der Waals surface area contributed by atoms with Crippen LogP contribution in [0.2, 0.25) is 0 Å². The Balaban J connectivity index is 1.83. The highest BCUT2D eigenvalue weighted by Crippen LogP contribution is 2.09. The van der Waals surface area contributed by atoms with E-state index in [1.54, 1.807) is 18.2 Å². The van der Waals surface area contributed by atoms with Crippen LogP contribution in [-0.2, 0) is 9.63 Å². The molecule has 0 fully saturated rings. The van der Waals surface area contributed by atoms with E-state index in [0.717, 1.165) is 0 Å². The fourth-order valence-corrected chi connectivity index (χ4v) is 1.45. The second-order valence-corrected chi connectivity index (χ2v) is 3.76. The maximum absolute atomic E-state index is 11.7. The van der Waals surface area contributed by atoms with Crippen LogP contribution in [-0.4, -0.2) is 35.2 Å². The van der Waals surface area contributed by atoms with Gasteiger partial charge in [-0.05, 0) is 12.1 Å². The summed E-state index contributed by atoms with van der Waals surface area (Å²) in [5.74, 6) is -0.870. The summed E-state index contributed by atoms with van der Waals surface area (Å²) >= 11 is 0. The largest absolute Gasteiger partial charge is 0.382 e. The summed E-state index contributed by atoms with van der Waals surface area (Å²) < 4.78 is 0. The highest BCUT2D eigenvalue weighted by atomic mass is 16.6. The predicted molar refractivity (Wildman–Crippen MR) is 62.7 cm³/mol. The van der Waals surface area contributed by atoms with Crippen LogP contribution >= 0.6 is 0 Å². The molecule has 0 saturated carbocycles. The van der Waals surface area contributed by atoms with E-state index in [9.17, 15) is 9.59 Å². The molecule has 7 heteroatoms. The van der Waals surface area contributed by atoms with Gasteiger partial charge < -0.3 is 15.9 Å². The molecule has 7 nitrogen and oxygen atoms in total. The van der Waals surface area contributed by atoms with Crippen molar-refractivity contribution in [2.75, 3.05) is 6.54 Å². The normalized spacial score (nSPS) is 17.8. The molecule has 2 rings (SSSR count). The van der Waals surface area contributed by atoms with Gasteiger partial charge in [0, 0.05) is 12.6 Å². The topological polar surface area (TPSA) is 107 Å². The lowest BCUT2D eigenvalue weighted by Crippen LogP contribution is -2.32. The molecule has 0 saturated heterocycles. The van der Waals surface area contributed by atoms with Crippen molar-refractivity contribution in [2.45, 2.75) is 12.5 Å². The van der Waals surface area contributed by atoms with Crippen molar-refractivity contribution in [2.24, 2.45) is 10.9 Å². The molecule has 2 heterocycles. The number of carbonyl (C=O) groups excluding carboxylic acids is 2. The Morgan fingerprint density at radius 2 is 2.33 bits per heavy atom. The molecule has 3 N–H and O–H groups in total. The van der Waals surface area contributed by atoms with E-state index in [4.69, 9.17) is 10.6 Å². The van der Waals surface area contributed by atoms with Crippen LogP contribution in [0.1, 0.15) is 16.9 Å². The Hall–Kier alpha value is -2.44. The van der Waals surface area contributed by atoms with E-state index < -0.39 is 12.0 Å². The first-order valence-electron chi connectivity index (χ1n) is 5.37. The summed E-state index contributed by atoms with van der Waals surface area (Å²) in [4.78, 5) is 31.2. The van der Waals surface area contributed by atoms with Crippen LogP contribution in [0.15, 0.2) is 29.6 Å². The van der Waals surface area contributed by atoms with Crippen molar-refractivity contribution >= 4 is 17.5 Å². The molecule has 1 atom stereocenters. The number of pyridine rings is 1. The molecule has 0 bridgehead atoms. The minimum atomic E-state index is -0.730. The number of primary amides is 1. The smallest absolute Gasteiger partial charge is 0.270 e. The first-order valence-corrected chi connectivity index (χ1v) is 5.37. The van der Waals surface area contributed by atoms with E-state index in [-0.39, 0.29) is 12.5 Å². The summed E-state index contributed by atoms with van der Waals surface area (Å²) in [6.45, 7) is 0.208. The third-order valence-electron chi connectivity index (χ3n) is 2.40. The van der Waals surface area contributed by atoms with Gasteiger partial charge in [-0.1, -0.05) is 11.2 Å². The molecule has 0 aromatic carbocycles. The number of hydrogen-bond acceptors (Lipinski definition) is 5. The third kappa shape index (κ3) is 2.82. The van der Waals surface area contributed by atoms with E-state index >= 15 is 0 Å². The lowest BCUT2D eigenvalue weighted by atomic mass is 10.2. The van der Waals surface area contributed by atoms with E-state index in [2.05, 4.69) is 15.5 Å². The quantitative estimate of drug-likeness (QED) is 0.744. The third-order valence-corrected chi connectivity index (χ3v) is 2.40. The first kappa shape index (κ1) is 12.0. The maximum Gasteiger partial charge on any atom is 0.270 e. The van der Waals surface area contributed by atoms with Crippen molar-refractivity contribution < 1.29 is 14.4 Å². The van der Waals surface area contributed by atoms with Crippen molar-refractivity contribution in [1.29, 1.82) is 0 Å². The number of amides is 2. The highest BCUT2D eigenvalue weighted by Gasteiger charge is 2.25. The van der Waals surface area contributed by atoms with Gasteiger partial charge in [-0.2, -0.15) is 0 Å². The van der Waals surface area contributed by atoms with Gasteiger partial charge in [0.2, 0.25) is 6.10 Å². The zero-order valence-electron chi connectivity index (χ0n) is 9.50. The van der Waals surface area contributed by atoms with Crippen molar-refractivity contribution in [1.82, 2.24) is 10.3 Å². The summed E-state index contributed by atoms with van der Waals surface area (Å²) in [5.41, 5.74) is 5.97. The van der Waals surface area contributed by atoms with E-state index in [1.807, 2.05) is 0 Å². The minimum Gasteiger partial charge on any atom is -0.382 e. The zero-order chi connectivity index (χ0) is 13.0. The van der Waals surface area contributed by atoms with Gasteiger partial charge in [0.1, 0.15) is 5.69 Å². The Labute approximate surface area is 103 Å². The van der Waals surface area contributed by atoms with Gasteiger partial charge in [-0.3, -0.25) is 14.6 Å². The van der Waals surface area contributed by atoms with Crippen LogP contribution in [0.25, 0.3) is 0 Å². The Kier molecular flexibility index (Phi) is 3.52. The van der Waals surface area contributed by atoms with Crippen molar-refractivity contribution in [3.63, 3.8) is 0 Å². The molecule has 0 spiro atoms. The van der Waals surface area contributed by atoms with Crippen LogP contribution in [0.5, 0.6) is 0 Å². The summed E-state index contributed by atoms with van der Waals surface area (Å²) in [6.07, 6.45) is 1.11. The van der Waals surface area contributed by atoms with E-state index in [1.165, 1.54) is 6.20 Å². The number of rotatable bonds is 4. The standard InChI is InChI=1S/C11H12N4O3/c12-10(16)9-5-7(15-18-9)6-14-11(17)8-3-1-2-4-13-8/h1-4,9H,5-6H2,(H2,12,16)(H,14,17). The van der Waals surface area contributed by atoms with Crippen LogP contribution in [0.4, 0.5) is 0 Å². The Morgan fingerprint density at radius 3 is 2.94 bits per heavy atom. The molecule has 1 aliphatic rings. The molecule has 18 heavy (non-hydrogen) atoms. The molecule has 2 amide bonds. The second-order valence-electron chi connectivity index (χ2n) is 3.76. The monoisotopic (exact) mass is 248 g/mol. The second kappa shape index (κ2) is 5.26. The number of aromatic nitrogens is 1. The number of hydrogen-bond donors (Lipinski definition) is 2.